The largest absolute Gasteiger partial charge is 0.357 e. The second kappa shape index (κ2) is 13.9. The summed E-state index contributed by atoms with van der Waals surface area (Å²) in [4.78, 5) is 40.6. The number of hydrogen-bond donors (Lipinski definition) is 1. The molecule has 1 saturated heterocycles. The molecule has 0 saturated carbocycles. The van der Waals surface area contributed by atoms with E-state index in [1.54, 1.807) is 11.9 Å². The highest BCUT2D eigenvalue weighted by Gasteiger charge is 2.37. The summed E-state index contributed by atoms with van der Waals surface area (Å²) in [5.74, 6) is -0.366. The summed E-state index contributed by atoms with van der Waals surface area (Å²) in [5, 5.41) is 13.3. The fourth-order valence-electron chi connectivity index (χ4n) is 6.14. The van der Waals surface area contributed by atoms with E-state index < -0.39 is 11.5 Å². The lowest BCUT2D eigenvalue weighted by Crippen LogP contribution is -2.46. The summed E-state index contributed by atoms with van der Waals surface area (Å²) in [6.07, 6.45) is 8.33. The van der Waals surface area contributed by atoms with Crippen LogP contribution in [0.1, 0.15) is 78.4 Å². The van der Waals surface area contributed by atoms with Gasteiger partial charge in [0.05, 0.1) is 11.5 Å². The number of halogens is 1. The average molecular weight is 563 g/mol. The minimum atomic E-state index is -0.637. The van der Waals surface area contributed by atoms with Gasteiger partial charge in [0.2, 0.25) is 5.91 Å². The number of amides is 2. The third-order valence-corrected chi connectivity index (χ3v) is 8.78. The van der Waals surface area contributed by atoms with Crippen molar-refractivity contribution in [1.82, 2.24) is 15.1 Å². The summed E-state index contributed by atoms with van der Waals surface area (Å²) in [5.41, 5.74) is 3.45. The van der Waals surface area contributed by atoms with Crippen molar-refractivity contribution in [3.63, 3.8) is 0 Å². The minimum Gasteiger partial charge on any atom is -0.357 e. The van der Waals surface area contributed by atoms with Crippen molar-refractivity contribution in [2.45, 2.75) is 75.8 Å². The van der Waals surface area contributed by atoms with Crippen molar-refractivity contribution in [2.24, 2.45) is 0 Å². The predicted molar refractivity (Wildman–Crippen MR) is 156 cm³/mol. The highest BCUT2D eigenvalue weighted by molar-refractivity contribution is 6.30. The predicted octanol–water partition coefficient (Wildman–Crippen LogP) is 5.05. The number of rotatable bonds is 13. The summed E-state index contributed by atoms with van der Waals surface area (Å²) < 4.78 is 0. The maximum Gasteiger partial charge on any atom is 0.255 e. The molecule has 2 aliphatic heterocycles. The van der Waals surface area contributed by atoms with Crippen LogP contribution in [0.15, 0.2) is 42.5 Å². The van der Waals surface area contributed by atoms with Crippen LogP contribution in [0.4, 0.5) is 0 Å². The fraction of sp³-hybridized carbons (Fsp3) is 0.500. The molecule has 40 heavy (non-hydrogen) atoms. The quantitative estimate of drug-likeness (QED) is 0.272. The molecule has 1 fully saturated rings. The molecule has 2 heterocycles. The van der Waals surface area contributed by atoms with Crippen LogP contribution in [0.25, 0.3) is 0 Å². The first-order valence-corrected chi connectivity index (χ1v) is 14.8. The Morgan fingerprint density at radius 2 is 1.90 bits per heavy atom. The van der Waals surface area contributed by atoms with Gasteiger partial charge >= 0.3 is 0 Å². The van der Waals surface area contributed by atoms with E-state index in [-0.39, 0.29) is 18.2 Å². The number of nitrogens with one attached hydrogen (secondary N) is 1. The normalized spacial score (nSPS) is 17.2. The molecule has 2 aromatic carbocycles. The Labute approximate surface area is 242 Å². The van der Waals surface area contributed by atoms with E-state index in [1.807, 2.05) is 36.4 Å². The van der Waals surface area contributed by atoms with Crippen LogP contribution in [-0.4, -0.2) is 60.6 Å². The molecule has 212 valence electrons. The number of fused-ring (bicyclic) bond motifs is 1. The van der Waals surface area contributed by atoms with E-state index in [9.17, 15) is 19.6 Å². The number of unbranched alkanes of at least 4 members (excludes halogenated alkanes) is 3. The lowest BCUT2D eigenvalue weighted by Gasteiger charge is -2.37. The maximum atomic E-state index is 13.1. The Bertz CT molecular complexity index is 1250. The number of benzene rings is 2. The highest BCUT2D eigenvalue weighted by Crippen LogP contribution is 2.36. The van der Waals surface area contributed by atoms with Gasteiger partial charge in [0.25, 0.3) is 5.91 Å². The Balaban J connectivity index is 1.22. The van der Waals surface area contributed by atoms with E-state index in [0.717, 1.165) is 82.0 Å². The van der Waals surface area contributed by atoms with E-state index in [4.69, 9.17) is 11.6 Å². The van der Waals surface area contributed by atoms with Gasteiger partial charge in [-0.25, -0.2) is 0 Å². The molecule has 2 amide bonds. The van der Waals surface area contributed by atoms with Gasteiger partial charge in [0.15, 0.2) is 0 Å². The molecule has 1 atom stereocenters. The monoisotopic (exact) mass is 562 g/mol. The Morgan fingerprint density at radius 3 is 2.60 bits per heavy atom. The van der Waals surface area contributed by atoms with Gasteiger partial charge in [0, 0.05) is 30.6 Å². The topological polar surface area (TPSA) is 93.5 Å². The fourth-order valence-corrected chi connectivity index (χ4v) is 6.33. The van der Waals surface area contributed by atoms with Crippen LogP contribution in [0, 0.1) is 11.3 Å². The maximum absolute atomic E-state index is 13.1. The van der Waals surface area contributed by atoms with Crippen LogP contribution in [0.5, 0.6) is 0 Å². The Hall–Kier alpha value is -3.21. The molecule has 0 spiro atoms. The van der Waals surface area contributed by atoms with E-state index in [1.165, 1.54) is 5.56 Å². The number of aryl methyl sites for hydroxylation is 1. The van der Waals surface area contributed by atoms with Crippen LogP contribution >= 0.6 is 11.6 Å². The second-order valence-corrected chi connectivity index (χ2v) is 11.4. The Morgan fingerprint density at radius 1 is 1.15 bits per heavy atom. The standard InChI is InChI=1S/C32H39ClN4O3/c1-35-30(39)29(14-8-20-38)37-22-28-24(10-6-13-27(28)31(37)40)9-4-2-3-5-17-36-18-15-32(23-34,16-19-36)25-11-7-12-26(33)21-25/h6-7,10-13,20-21,29H,2-5,8-9,14-19,22H2,1H3,(H,35,39). The van der Waals surface area contributed by atoms with E-state index in [0.29, 0.717) is 23.6 Å². The number of nitrogens with zero attached hydrogens (tertiary/aromatic N) is 3. The summed E-state index contributed by atoms with van der Waals surface area (Å²) >= 11 is 6.19. The molecule has 8 heteroatoms. The molecule has 2 aliphatic rings. The number of carbonyl (C=O) groups excluding carboxylic acids is 3. The first-order chi connectivity index (χ1) is 19.4. The van der Waals surface area contributed by atoms with Gasteiger partial charge in [0.1, 0.15) is 12.3 Å². The first-order valence-electron chi connectivity index (χ1n) is 14.4. The van der Waals surface area contributed by atoms with Crippen molar-refractivity contribution in [3.05, 3.63) is 69.7 Å². The number of likely N-dealkylation sites (tertiary alicyclic amines) is 1. The van der Waals surface area contributed by atoms with Gasteiger partial charge in [-0.3, -0.25) is 9.59 Å². The molecule has 0 aromatic heterocycles. The zero-order valence-corrected chi connectivity index (χ0v) is 24.1. The molecule has 7 nitrogen and oxygen atoms in total. The lowest BCUT2D eigenvalue weighted by molar-refractivity contribution is -0.125. The van der Waals surface area contributed by atoms with Crippen molar-refractivity contribution in [2.75, 3.05) is 26.7 Å². The second-order valence-electron chi connectivity index (χ2n) is 11.0. The number of likely N-dealkylation sites (N-methyl/N-ethyl adjacent to an activating group) is 1. The molecule has 0 bridgehead atoms. The zero-order valence-electron chi connectivity index (χ0n) is 23.3. The SMILES string of the molecule is CNC(=O)C(CCC=O)N1Cc2c(CCCCCCN3CCC(C#N)(c4cccc(Cl)c4)CC3)cccc2C1=O. The van der Waals surface area contributed by atoms with Crippen molar-refractivity contribution < 1.29 is 14.4 Å². The molecule has 2 aromatic rings. The molecule has 0 aliphatic carbocycles. The molecular weight excluding hydrogens is 524 g/mol. The van der Waals surface area contributed by atoms with Gasteiger partial charge in [-0.2, -0.15) is 5.26 Å². The first kappa shape index (κ1) is 29.8. The van der Waals surface area contributed by atoms with E-state index >= 15 is 0 Å². The minimum absolute atomic E-state index is 0.131. The summed E-state index contributed by atoms with van der Waals surface area (Å²) in [6.45, 7) is 3.30. The molecular formula is C32H39ClN4O3. The number of piperidine rings is 1. The smallest absolute Gasteiger partial charge is 0.255 e. The summed E-state index contributed by atoms with van der Waals surface area (Å²) in [6, 6.07) is 15.5. The van der Waals surface area contributed by atoms with Crippen LogP contribution < -0.4 is 5.32 Å². The van der Waals surface area contributed by atoms with Gasteiger partial charge < -0.3 is 19.9 Å². The van der Waals surface area contributed by atoms with Crippen LogP contribution in [0.2, 0.25) is 5.02 Å². The lowest BCUT2D eigenvalue weighted by atomic mass is 9.74. The van der Waals surface area contributed by atoms with E-state index in [2.05, 4.69) is 22.4 Å². The average Bonchev–Trinajstić information content (AvgIpc) is 3.31. The van der Waals surface area contributed by atoms with Crippen molar-refractivity contribution in [3.8, 4) is 6.07 Å². The third kappa shape index (κ3) is 6.74. The molecule has 4 rings (SSSR count). The van der Waals surface area contributed by atoms with Crippen molar-refractivity contribution >= 4 is 29.7 Å². The summed E-state index contributed by atoms with van der Waals surface area (Å²) in [7, 11) is 1.56. The molecule has 1 N–H and O–H groups in total. The third-order valence-electron chi connectivity index (χ3n) is 8.55. The number of nitriles is 1. The highest BCUT2D eigenvalue weighted by atomic mass is 35.5. The van der Waals surface area contributed by atoms with Crippen LogP contribution in [0.3, 0.4) is 0 Å². The molecule has 0 radical (unpaired) electrons. The molecule has 1 unspecified atom stereocenters. The van der Waals surface area contributed by atoms with Crippen LogP contribution in [-0.2, 0) is 28.0 Å². The zero-order chi connectivity index (χ0) is 28.5. The number of hydrogen-bond acceptors (Lipinski definition) is 5. The Kier molecular flexibility index (Phi) is 10.4. The number of carbonyl (C=O) groups is 3. The van der Waals surface area contributed by atoms with Gasteiger partial charge in [-0.05, 0) is 93.0 Å². The van der Waals surface area contributed by atoms with Gasteiger partial charge in [-0.15, -0.1) is 0 Å². The number of aldehydes is 1. The van der Waals surface area contributed by atoms with Gasteiger partial charge in [-0.1, -0.05) is 48.7 Å². The van der Waals surface area contributed by atoms with Crippen molar-refractivity contribution in [1.29, 1.82) is 5.26 Å².